The van der Waals surface area contributed by atoms with E-state index in [0.29, 0.717) is 12.5 Å². The Bertz CT molecular complexity index is 387. The summed E-state index contributed by atoms with van der Waals surface area (Å²) in [4.78, 5) is 11.4. The van der Waals surface area contributed by atoms with E-state index in [-0.39, 0.29) is 18.3 Å². The highest BCUT2D eigenvalue weighted by Crippen LogP contribution is 2.16. The monoisotopic (exact) mass is 348 g/mol. The molecule has 1 rings (SSSR count). The van der Waals surface area contributed by atoms with E-state index in [0.717, 1.165) is 23.9 Å². The summed E-state index contributed by atoms with van der Waals surface area (Å²) >= 11 is 3.48. The lowest BCUT2D eigenvalue weighted by molar-refractivity contribution is -0.120. The first-order valence-corrected chi connectivity index (χ1v) is 7.10. The molecule has 0 heterocycles. The number of rotatable bonds is 7. The number of halogens is 2. The minimum Gasteiger partial charge on any atom is -0.355 e. The number of nitrogens with one attached hydrogen (secondary N) is 2. The van der Waals surface area contributed by atoms with Gasteiger partial charge in [-0.25, -0.2) is 0 Å². The highest BCUT2D eigenvalue weighted by Gasteiger charge is 2.09. The van der Waals surface area contributed by atoms with Crippen LogP contribution in [0.1, 0.15) is 18.9 Å². The fourth-order valence-electron chi connectivity index (χ4n) is 1.84. The van der Waals surface area contributed by atoms with Crippen molar-refractivity contribution in [2.45, 2.75) is 19.8 Å². The van der Waals surface area contributed by atoms with Gasteiger partial charge in [-0.05, 0) is 37.1 Å². The van der Waals surface area contributed by atoms with Crippen molar-refractivity contribution in [3.8, 4) is 0 Å². The molecule has 1 amide bonds. The Kier molecular flexibility index (Phi) is 9.92. The van der Waals surface area contributed by atoms with Gasteiger partial charge in [-0.2, -0.15) is 0 Å². The fourth-order valence-corrected chi connectivity index (χ4v) is 2.29. The maximum atomic E-state index is 11.4. The van der Waals surface area contributed by atoms with Crippen LogP contribution >= 0.6 is 28.3 Å². The quantitative estimate of drug-likeness (QED) is 0.795. The minimum absolute atomic E-state index is 0. The Morgan fingerprint density at radius 2 is 2.16 bits per heavy atom. The average Bonchev–Trinajstić information content (AvgIpc) is 2.35. The molecule has 1 atom stereocenters. The molecule has 0 spiro atoms. The van der Waals surface area contributed by atoms with Crippen LogP contribution in [0.3, 0.4) is 0 Å². The second-order valence-corrected chi connectivity index (χ2v) is 5.36. The summed E-state index contributed by atoms with van der Waals surface area (Å²) < 4.78 is 1.11. The molecular formula is C14H22BrClN2O. The third-order valence-electron chi connectivity index (χ3n) is 2.92. The summed E-state index contributed by atoms with van der Waals surface area (Å²) in [6, 6.07) is 8.34. The Labute approximate surface area is 130 Å². The summed E-state index contributed by atoms with van der Waals surface area (Å²) in [5.74, 6) is 0.547. The molecule has 0 saturated heterocycles. The van der Waals surface area contributed by atoms with Crippen LogP contribution in [0.25, 0.3) is 0 Å². The van der Waals surface area contributed by atoms with Gasteiger partial charge in [0.15, 0.2) is 0 Å². The number of carbonyl (C=O) groups is 1. The van der Waals surface area contributed by atoms with Gasteiger partial charge in [-0.1, -0.05) is 41.4 Å². The SMILES string of the molecule is CCC(CNC(=O)CNC)Cc1cccc(Br)c1.Cl. The van der Waals surface area contributed by atoms with E-state index in [9.17, 15) is 4.79 Å². The third-order valence-corrected chi connectivity index (χ3v) is 3.41. The lowest BCUT2D eigenvalue weighted by Crippen LogP contribution is -2.35. The van der Waals surface area contributed by atoms with E-state index in [2.05, 4.69) is 45.6 Å². The number of benzene rings is 1. The molecule has 108 valence electrons. The van der Waals surface area contributed by atoms with Gasteiger partial charge in [0.2, 0.25) is 5.91 Å². The molecule has 0 aromatic heterocycles. The molecule has 19 heavy (non-hydrogen) atoms. The van der Waals surface area contributed by atoms with Crippen molar-refractivity contribution in [1.29, 1.82) is 0 Å². The summed E-state index contributed by atoms with van der Waals surface area (Å²) in [6.07, 6.45) is 2.06. The largest absolute Gasteiger partial charge is 0.355 e. The Morgan fingerprint density at radius 3 is 2.74 bits per heavy atom. The van der Waals surface area contributed by atoms with Gasteiger partial charge in [0, 0.05) is 11.0 Å². The molecule has 0 radical (unpaired) electrons. The number of hydrogen-bond donors (Lipinski definition) is 2. The topological polar surface area (TPSA) is 41.1 Å². The van der Waals surface area contributed by atoms with Crippen molar-refractivity contribution in [3.63, 3.8) is 0 Å². The predicted molar refractivity (Wildman–Crippen MR) is 85.8 cm³/mol. The molecule has 0 aliphatic carbocycles. The molecule has 0 fully saturated rings. The van der Waals surface area contributed by atoms with Crippen molar-refractivity contribution in [3.05, 3.63) is 34.3 Å². The van der Waals surface area contributed by atoms with Crippen LogP contribution in [0, 0.1) is 5.92 Å². The van der Waals surface area contributed by atoms with Crippen LogP contribution in [-0.4, -0.2) is 26.0 Å². The number of carbonyl (C=O) groups excluding carboxylic acids is 1. The molecule has 2 N–H and O–H groups in total. The minimum atomic E-state index is 0. The average molecular weight is 350 g/mol. The van der Waals surface area contributed by atoms with E-state index in [1.807, 2.05) is 12.1 Å². The fraction of sp³-hybridized carbons (Fsp3) is 0.500. The van der Waals surface area contributed by atoms with Crippen molar-refractivity contribution >= 4 is 34.2 Å². The summed E-state index contributed by atoms with van der Waals surface area (Å²) in [5.41, 5.74) is 1.30. The molecule has 0 saturated carbocycles. The van der Waals surface area contributed by atoms with Crippen LogP contribution in [0.4, 0.5) is 0 Å². The number of amides is 1. The molecule has 1 aromatic carbocycles. The summed E-state index contributed by atoms with van der Waals surface area (Å²) in [6.45, 7) is 3.28. The highest BCUT2D eigenvalue weighted by atomic mass is 79.9. The van der Waals surface area contributed by atoms with Gasteiger partial charge in [0.25, 0.3) is 0 Å². The standard InChI is InChI=1S/C14H21BrN2O.ClH/c1-3-11(9-17-14(18)10-16-2)7-12-5-4-6-13(15)8-12;/h4-6,8,11,16H,3,7,9-10H2,1-2H3,(H,17,18);1H. The van der Waals surface area contributed by atoms with Crippen LogP contribution < -0.4 is 10.6 Å². The van der Waals surface area contributed by atoms with Crippen molar-refractivity contribution in [2.24, 2.45) is 5.92 Å². The maximum absolute atomic E-state index is 11.4. The predicted octanol–water partition coefficient (Wildman–Crippen LogP) is 2.78. The van der Waals surface area contributed by atoms with Crippen LogP contribution in [0.2, 0.25) is 0 Å². The smallest absolute Gasteiger partial charge is 0.233 e. The third kappa shape index (κ3) is 7.55. The van der Waals surface area contributed by atoms with E-state index in [1.165, 1.54) is 5.56 Å². The molecule has 5 heteroatoms. The zero-order valence-electron chi connectivity index (χ0n) is 11.4. The second-order valence-electron chi connectivity index (χ2n) is 4.44. The molecule has 1 aromatic rings. The Morgan fingerprint density at radius 1 is 1.42 bits per heavy atom. The lowest BCUT2D eigenvalue weighted by Gasteiger charge is -2.16. The van der Waals surface area contributed by atoms with Crippen LogP contribution in [0.15, 0.2) is 28.7 Å². The van der Waals surface area contributed by atoms with Crippen molar-refractivity contribution < 1.29 is 4.79 Å². The molecule has 3 nitrogen and oxygen atoms in total. The van der Waals surface area contributed by atoms with Crippen LogP contribution in [0.5, 0.6) is 0 Å². The van der Waals surface area contributed by atoms with E-state index in [1.54, 1.807) is 7.05 Å². The van der Waals surface area contributed by atoms with E-state index in [4.69, 9.17) is 0 Å². The molecular weight excluding hydrogens is 328 g/mol. The Balaban J connectivity index is 0.00000324. The zero-order chi connectivity index (χ0) is 13.4. The lowest BCUT2D eigenvalue weighted by atomic mass is 9.97. The molecule has 0 bridgehead atoms. The number of hydrogen-bond acceptors (Lipinski definition) is 2. The maximum Gasteiger partial charge on any atom is 0.233 e. The first-order valence-electron chi connectivity index (χ1n) is 6.31. The van der Waals surface area contributed by atoms with Gasteiger partial charge in [-0.3, -0.25) is 4.79 Å². The van der Waals surface area contributed by atoms with E-state index < -0.39 is 0 Å². The van der Waals surface area contributed by atoms with Gasteiger partial charge in [-0.15, -0.1) is 12.4 Å². The van der Waals surface area contributed by atoms with Gasteiger partial charge in [0.1, 0.15) is 0 Å². The van der Waals surface area contributed by atoms with Crippen LogP contribution in [-0.2, 0) is 11.2 Å². The summed E-state index contributed by atoms with van der Waals surface area (Å²) in [5, 5.41) is 5.80. The molecule has 0 aliphatic rings. The van der Waals surface area contributed by atoms with E-state index >= 15 is 0 Å². The van der Waals surface area contributed by atoms with Gasteiger partial charge < -0.3 is 10.6 Å². The normalized spacial score (nSPS) is 11.5. The summed E-state index contributed by atoms with van der Waals surface area (Å²) in [7, 11) is 1.78. The highest BCUT2D eigenvalue weighted by molar-refractivity contribution is 9.10. The first-order chi connectivity index (χ1) is 8.65. The Hall–Kier alpha value is -0.580. The van der Waals surface area contributed by atoms with Crippen molar-refractivity contribution in [2.75, 3.05) is 20.1 Å². The molecule has 1 unspecified atom stereocenters. The number of likely N-dealkylation sites (N-methyl/N-ethyl adjacent to an activating group) is 1. The molecule has 0 aliphatic heterocycles. The second kappa shape index (κ2) is 10.2. The van der Waals surface area contributed by atoms with Gasteiger partial charge in [0.05, 0.1) is 6.54 Å². The van der Waals surface area contributed by atoms with Crippen molar-refractivity contribution in [1.82, 2.24) is 10.6 Å². The zero-order valence-corrected chi connectivity index (χ0v) is 13.8. The van der Waals surface area contributed by atoms with Gasteiger partial charge >= 0.3 is 0 Å². The first kappa shape index (κ1) is 18.4.